The molecule has 0 aromatic heterocycles. The van der Waals surface area contributed by atoms with Crippen LogP contribution in [0.3, 0.4) is 0 Å². The first-order valence-corrected chi connectivity index (χ1v) is 9.62. The Kier molecular flexibility index (Phi) is 5.03. The summed E-state index contributed by atoms with van der Waals surface area (Å²) in [7, 11) is 3.82. The summed E-state index contributed by atoms with van der Waals surface area (Å²) in [6, 6.07) is 14.7. The molecule has 4 rings (SSSR count). The highest BCUT2D eigenvalue weighted by molar-refractivity contribution is 5.99. The second kappa shape index (κ2) is 7.61. The van der Waals surface area contributed by atoms with Crippen LogP contribution in [0.4, 0.5) is 5.69 Å². The number of ether oxygens (including phenoxy) is 1. The molecule has 2 heterocycles. The van der Waals surface area contributed by atoms with Crippen LogP contribution in [0, 0.1) is 5.92 Å². The molecule has 5 heteroatoms. The Bertz CT molecular complexity index is 819. The molecule has 0 bridgehead atoms. The van der Waals surface area contributed by atoms with E-state index in [1.54, 1.807) is 7.11 Å². The number of anilines is 1. The number of rotatable bonds is 5. The number of benzene rings is 2. The van der Waals surface area contributed by atoms with Gasteiger partial charge in [-0.05, 0) is 60.2 Å². The number of carbonyl (C=O) groups is 1. The van der Waals surface area contributed by atoms with Gasteiger partial charge in [0.05, 0.1) is 7.11 Å². The fourth-order valence-corrected chi connectivity index (χ4v) is 4.30. The summed E-state index contributed by atoms with van der Waals surface area (Å²) in [4.78, 5) is 14.2. The molecule has 1 saturated heterocycles. The highest BCUT2D eigenvalue weighted by atomic mass is 16.5. The maximum absolute atomic E-state index is 12.0. The highest BCUT2D eigenvalue weighted by Crippen LogP contribution is 2.33. The minimum absolute atomic E-state index is 0.0377. The van der Waals surface area contributed by atoms with Crippen LogP contribution in [0.15, 0.2) is 42.5 Å². The van der Waals surface area contributed by atoms with E-state index in [2.05, 4.69) is 59.0 Å². The Hall–Kier alpha value is -2.53. The normalized spacial score (nSPS) is 21.5. The summed E-state index contributed by atoms with van der Waals surface area (Å²) >= 11 is 0. The average molecular weight is 365 g/mol. The van der Waals surface area contributed by atoms with Gasteiger partial charge in [0.1, 0.15) is 5.75 Å². The third kappa shape index (κ3) is 3.65. The van der Waals surface area contributed by atoms with Gasteiger partial charge in [-0.15, -0.1) is 0 Å². The van der Waals surface area contributed by atoms with Gasteiger partial charge in [0, 0.05) is 37.9 Å². The third-order valence-electron chi connectivity index (χ3n) is 5.88. The molecule has 2 aromatic rings. The molecule has 2 aromatic carbocycles. The van der Waals surface area contributed by atoms with E-state index in [0.29, 0.717) is 18.4 Å². The maximum Gasteiger partial charge on any atom is 0.251 e. The topological polar surface area (TPSA) is 53.6 Å². The van der Waals surface area contributed by atoms with E-state index in [-0.39, 0.29) is 5.91 Å². The standard InChI is InChI=1S/C22H27N3O2/c1-25(18-6-3-16-13-24-22(26)21(16)11-18)14-17-12-23-10-9-20(17)15-4-7-19(27-2)8-5-15/h3-8,11,17,20,23H,9-10,12-14H2,1-2H3,(H,24,26)/t17-,20-/m1/s1. The van der Waals surface area contributed by atoms with E-state index in [0.717, 1.165) is 48.6 Å². The molecule has 0 aliphatic carbocycles. The van der Waals surface area contributed by atoms with Gasteiger partial charge in [0.15, 0.2) is 0 Å². The predicted octanol–water partition coefficient (Wildman–Crippen LogP) is 2.77. The summed E-state index contributed by atoms with van der Waals surface area (Å²) in [6.07, 6.45) is 1.14. The minimum Gasteiger partial charge on any atom is -0.497 e. The Balaban J connectivity index is 1.50. The van der Waals surface area contributed by atoms with Crippen molar-refractivity contribution in [3.63, 3.8) is 0 Å². The lowest BCUT2D eigenvalue weighted by atomic mass is 9.81. The Morgan fingerprint density at radius 2 is 2.00 bits per heavy atom. The quantitative estimate of drug-likeness (QED) is 0.856. The number of carbonyl (C=O) groups excluding carboxylic acids is 1. The van der Waals surface area contributed by atoms with Gasteiger partial charge in [-0.25, -0.2) is 0 Å². The zero-order chi connectivity index (χ0) is 18.8. The van der Waals surface area contributed by atoms with Crippen molar-refractivity contribution in [3.8, 4) is 5.75 Å². The van der Waals surface area contributed by atoms with E-state index in [9.17, 15) is 4.79 Å². The number of methoxy groups -OCH3 is 1. The maximum atomic E-state index is 12.0. The number of hydrogen-bond acceptors (Lipinski definition) is 4. The van der Waals surface area contributed by atoms with Gasteiger partial charge in [0.25, 0.3) is 5.91 Å². The van der Waals surface area contributed by atoms with Gasteiger partial charge < -0.3 is 20.3 Å². The van der Waals surface area contributed by atoms with Gasteiger partial charge in [-0.2, -0.15) is 0 Å². The summed E-state index contributed by atoms with van der Waals surface area (Å²) in [6.45, 7) is 3.65. The van der Waals surface area contributed by atoms with E-state index in [4.69, 9.17) is 4.74 Å². The van der Waals surface area contributed by atoms with Crippen molar-refractivity contribution in [2.45, 2.75) is 18.9 Å². The van der Waals surface area contributed by atoms with Crippen LogP contribution in [-0.4, -0.2) is 39.7 Å². The summed E-state index contributed by atoms with van der Waals surface area (Å²) < 4.78 is 5.30. The van der Waals surface area contributed by atoms with Crippen LogP contribution in [0.1, 0.15) is 33.8 Å². The molecule has 0 radical (unpaired) electrons. The lowest BCUT2D eigenvalue weighted by molar-refractivity contribution is 0.0966. The second-order valence-electron chi connectivity index (χ2n) is 7.54. The van der Waals surface area contributed by atoms with Crippen molar-refractivity contribution in [3.05, 3.63) is 59.2 Å². The zero-order valence-electron chi connectivity index (χ0n) is 16.0. The average Bonchev–Trinajstić information content (AvgIpc) is 3.09. The molecule has 142 valence electrons. The molecule has 27 heavy (non-hydrogen) atoms. The fraction of sp³-hybridized carbons (Fsp3) is 0.409. The Morgan fingerprint density at radius 1 is 1.19 bits per heavy atom. The lowest BCUT2D eigenvalue weighted by Gasteiger charge is -2.36. The van der Waals surface area contributed by atoms with E-state index in [1.807, 2.05) is 6.07 Å². The van der Waals surface area contributed by atoms with Crippen LogP contribution in [0.25, 0.3) is 0 Å². The first-order chi connectivity index (χ1) is 13.2. The molecule has 0 saturated carbocycles. The number of amides is 1. The number of nitrogens with zero attached hydrogens (tertiary/aromatic N) is 1. The number of hydrogen-bond donors (Lipinski definition) is 2. The first-order valence-electron chi connectivity index (χ1n) is 9.62. The van der Waals surface area contributed by atoms with Crippen molar-refractivity contribution in [1.29, 1.82) is 0 Å². The lowest BCUT2D eigenvalue weighted by Crippen LogP contribution is -2.41. The van der Waals surface area contributed by atoms with Gasteiger partial charge in [0.2, 0.25) is 0 Å². The van der Waals surface area contributed by atoms with Gasteiger partial charge in [-0.3, -0.25) is 4.79 Å². The van der Waals surface area contributed by atoms with Crippen molar-refractivity contribution in [2.24, 2.45) is 5.92 Å². The third-order valence-corrected chi connectivity index (χ3v) is 5.88. The van der Waals surface area contributed by atoms with Gasteiger partial charge in [-0.1, -0.05) is 18.2 Å². The molecule has 1 amide bonds. The van der Waals surface area contributed by atoms with E-state index < -0.39 is 0 Å². The van der Waals surface area contributed by atoms with Crippen LogP contribution in [-0.2, 0) is 6.54 Å². The van der Waals surface area contributed by atoms with Crippen molar-refractivity contribution < 1.29 is 9.53 Å². The zero-order valence-corrected chi connectivity index (χ0v) is 16.0. The number of piperidine rings is 1. The van der Waals surface area contributed by atoms with Crippen LogP contribution in [0.5, 0.6) is 5.75 Å². The SMILES string of the molecule is COc1ccc([C@H]2CCNC[C@@H]2CN(C)c2ccc3c(c2)C(=O)NC3)cc1. The molecule has 2 aliphatic rings. The Labute approximate surface area is 160 Å². The van der Waals surface area contributed by atoms with Crippen molar-refractivity contribution in [2.75, 3.05) is 38.7 Å². The van der Waals surface area contributed by atoms with E-state index >= 15 is 0 Å². The molecule has 1 fully saturated rings. The molecule has 2 N–H and O–H groups in total. The fourth-order valence-electron chi connectivity index (χ4n) is 4.30. The largest absolute Gasteiger partial charge is 0.497 e. The van der Waals surface area contributed by atoms with E-state index in [1.165, 1.54) is 5.56 Å². The highest BCUT2D eigenvalue weighted by Gasteiger charge is 2.28. The monoisotopic (exact) mass is 365 g/mol. The van der Waals surface area contributed by atoms with Crippen LogP contribution < -0.4 is 20.3 Å². The molecular weight excluding hydrogens is 338 g/mol. The Morgan fingerprint density at radius 3 is 2.78 bits per heavy atom. The smallest absolute Gasteiger partial charge is 0.251 e. The summed E-state index contributed by atoms with van der Waals surface area (Å²) in [5.41, 5.74) is 4.38. The summed E-state index contributed by atoms with van der Waals surface area (Å²) in [5, 5.41) is 6.44. The first kappa shape index (κ1) is 17.9. The second-order valence-corrected chi connectivity index (χ2v) is 7.54. The molecule has 5 nitrogen and oxygen atoms in total. The van der Waals surface area contributed by atoms with Crippen LogP contribution >= 0.6 is 0 Å². The summed E-state index contributed by atoms with van der Waals surface area (Å²) in [5.74, 6) is 1.98. The van der Waals surface area contributed by atoms with Gasteiger partial charge >= 0.3 is 0 Å². The molecular formula is C22H27N3O2. The minimum atomic E-state index is 0.0377. The molecule has 0 spiro atoms. The molecule has 0 unspecified atom stereocenters. The predicted molar refractivity (Wildman–Crippen MR) is 108 cm³/mol. The number of nitrogens with one attached hydrogen (secondary N) is 2. The molecule has 2 atom stereocenters. The van der Waals surface area contributed by atoms with Crippen LogP contribution in [0.2, 0.25) is 0 Å². The van der Waals surface area contributed by atoms with Crippen molar-refractivity contribution in [1.82, 2.24) is 10.6 Å². The molecule has 2 aliphatic heterocycles. The number of fused-ring (bicyclic) bond motifs is 1. The van der Waals surface area contributed by atoms with Crippen molar-refractivity contribution >= 4 is 11.6 Å².